The minimum Gasteiger partial charge on any atom is -0.462 e. The molecule has 6 heteroatoms. The Labute approximate surface area is 374 Å². The molecule has 0 spiro atoms. The molecule has 0 heterocycles. The molecular weight excluding hydrogens is 745 g/mol. The second kappa shape index (κ2) is 48.4. The third kappa shape index (κ3) is 47.5. The fourth-order valence-corrected chi connectivity index (χ4v) is 8.22. The van der Waals surface area contributed by atoms with Gasteiger partial charge in [0.15, 0.2) is 6.10 Å². The van der Waals surface area contributed by atoms with E-state index in [9.17, 15) is 14.4 Å². The molecular formula is C54H104O6. The number of unbranched alkanes of at least 4 members (excludes halogenated alkanes) is 36. The first-order valence-corrected chi connectivity index (χ1v) is 26.9. The van der Waals surface area contributed by atoms with Crippen molar-refractivity contribution in [3.8, 4) is 0 Å². The van der Waals surface area contributed by atoms with Gasteiger partial charge in [-0.15, -0.1) is 0 Å². The number of hydrogen-bond donors (Lipinski definition) is 0. The van der Waals surface area contributed by atoms with Gasteiger partial charge in [0.2, 0.25) is 0 Å². The van der Waals surface area contributed by atoms with Gasteiger partial charge < -0.3 is 14.2 Å². The summed E-state index contributed by atoms with van der Waals surface area (Å²) in [6.45, 7) is 9.04. The van der Waals surface area contributed by atoms with Crippen LogP contribution in [0.1, 0.15) is 304 Å². The van der Waals surface area contributed by atoms with E-state index < -0.39 is 6.10 Å². The maximum atomic E-state index is 12.8. The summed E-state index contributed by atoms with van der Waals surface area (Å²) in [5, 5.41) is 0. The summed E-state index contributed by atoms with van der Waals surface area (Å²) in [7, 11) is 0. The molecule has 0 amide bonds. The summed E-state index contributed by atoms with van der Waals surface area (Å²) in [4.78, 5) is 38.0. The number of carbonyl (C=O) groups excluding carboxylic acids is 3. The Morgan fingerprint density at radius 3 is 0.817 bits per heavy atom. The topological polar surface area (TPSA) is 78.9 Å². The number of ether oxygens (including phenoxy) is 3. The lowest BCUT2D eigenvalue weighted by Gasteiger charge is -2.18. The van der Waals surface area contributed by atoms with Crippen molar-refractivity contribution in [1.82, 2.24) is 0 Å². The Balaban J connectivity index is 4.28. The Hall–Kier alpha value is -1.59. The van der Waals surface area contributed by atoms with Crippen LogP contribution >= 0.6 is 0 Å². The molecule has 0 aliphatic rings. The van der Waals surface area contributed by atoms with Gasteiger partial charge in [-0.25, -0.2) is 0 Å². The summed E-state index contributed by atoms with van der Waals surface area (Å²) in [5.74, 6) is 0.00392. The maximum absolute atomic E-state index is 12.8. The molecule has 356 valence electrons. The summed E-state index contributed by atoms with van der Waals surface area (Å²) in [5.41, 5.74) is 0. The smallest absolute Gasteiger partial charge is 0.306 e. The highest BCUT2D eigenvalue weighted by Crippen LogP contribution is 2.17. The Morgan fingerprint density at radius 2 is 0.550 bits per heavy atom. The minimum absolute atomic E-state index is 0.0623. The van der Waals surface area contributed by atoms with E-state index in [1.807, 2.05) is 0 Å². The lowest BCUT2D eigenvalue weighted by atomic mass is 10.0. The second-order valence-electron chi connectivity index (χ2n) is 19.0. The van der Waals surface area contributed by atoms with Crippen LogP contribution in [0.25, 0.3) is 0 Å². The SMILES string of the molecule is CCCCCCCCCCCCCCCC(=O)O[C@@H](COC(=O)CCCCCCCCCCCCCC)COC(=O)CCCCCCCCCCCCCCCCC(C)C. The first kappa shape index (κ1) is 58.4. The lowest BCUT2D eigenvalue weighted by Crippen LogP contribution is -2.30. The molecule has 0 fully saturated rings. The van der Waals surface area contributed by atoms with Crippen LogP contribution in [0.3, 0.4) is 0 Å². The van der Waals surface area contributed by atoms with Crippen molar-refractivity contribution in [2.45, 2.75) is 310 Å². The first-order chi connectivity index (χ1) is 29.4. The lowest BCUT2D eigenvalue weighted by molar-refractivity contribution is -0.167. The predicted octanol–water partition coefficient (Wildman–Crippen LogP) is 17.5. The van der Waals surface area contributed by atoms with Gasteiger partial charge in [-0.05, 0) is 25.2 Å². The van der Waals surface area contributed by atoms with Gasteiger partial charge in [0.25, 0.3) is 0 Å². The van der Waals surface area contributed by atoms with Gasteiger partial charge in [0.1, 0.15) is 13.2 Å². The number of esters is 3. The molecule has 0 radical (unpaired) electrons. The molecule has 0 bridgehead atoms. The third-order valence-electron chi connectivity index (χ3n) is 12.3. The van der Waals surface area contributed by atoms with Gasteiger partial charge in [-0.1, -0.05) is 265 Å². The fourth-order valence-electron chi connectivity index (χ4n) is 8.22. The van der Waals surface area contributed by atoms with Crippen molar-refractivity contribution < 1.29 is 28.6 Å². The van der Waals surface area contributed by atoms with Crippen LogP contribution in [0.2, 0.25) is 0 Å². The van der Waals surface area contributed by atoms with E-state index in [1.165, 1.54) is 199 Å². The zero-order valence-electron chi connectivity index (χ0n) is 40.9. The third-order valence-corrected chi connectivity index (χ3v) is 12.3. The van der Waals surface area contributed by atoms with Crippen LogP contribution in [0.4, 0.5) is 0 Å². The minimum atomic E-state index is -0.760. The van der Waals surface area contributed by atoms with Gasteiger partial charge >= 0.3 is 17.9 Å². The average Bonchev–Trinajstić information content (AvgIpc) is 3.23. The molecule has 0 aliphatic carbocycles. The molecule has 0 aliphatic heterocycles. The van der Waals surface area contributed by atoms with Crippen LogP contribution in [-0.4, -0.2) is 37.2 Å². The summed E-state index contributed by atoms with van der Waals surface area (Å²) < 4.78 is 16.8. The molecule has 0 unspecified atom stereocenters. The monoisotopic (exact) mass is 849 g/mol. The summed E-state index contributed by atoms with van der Waals surface area (Å²) >= 11 is 0. The van der Waals surface area contributed by atoms with Crippen molar-refractivity contribution in [3.05, 3.63) is 0 Å². The molecule has 60 heavy (non-hydrogen) atoms. The summed E-state index contributed by atoms with van der Waals surface area (Å²) in [6, 6.07) is 0. The van der Waals surface area contributed by atoms with E-state index in [0.717, 1.165) is 63.7 Å². The largest absolute Gasteiger partial charge is 0.462 e. The van der Waals surface area contributed by atoms with Crippen LogP contribution < -0.4 is 0 Å². The van der Waals surface area contributed by atoms with Crippen molar-refractivity contribution in [2.75, 3.05) is 13.2 Å². The average molecular weight is 849 g/mol. The van der Waals surface area contributed by atoms with E-state index in [-0.39, 0.29) is 31.1 Å². The van der Waals surface area contributed by atoms with Crippen LogP contribution in [0.5, 0.6) is 0 Å². The van der Waals surface area contributed by atoms with Crippen LogP contribution in [0, 0.1) is 5.92 Å². The second-order valence-corrected chi connectivity index (χ2v) is 19.0. The van der Waals surface area contributed by atoms with Gasteiger partial charge in [0, 0.05) is 19.3 Å². The van der Waals surface area contributed by atoms with E-state index in [4.69, 9.17) is 14.2 Å². The molecule has 6 nitrogen and oxygen atoms in total. The Morgan fingerprint density at radius 1 is 0.317 bits per heavy atom. The highest BCUT2D eigenvalue weighted by Gasteiger charge is 2.19. The van der Waals surface area contributed by atoms with Crippen molar-refractivity contribution >= 4 is 17.9 Å². The highest BCUT2D eigenvalue weighted by molar-refractivity contribution is 5.71. The van der Waals surface area contributed by atoms with Crippen molar-refractivity contribution in [2.24, 2.45) is 5.92 Å². The highest BCUT2D eigenvalue weighted by atomic mass is 16.6. The predicted molar refractivity (Wildman–Crippen MR) is 257 cm³/mol. The van der Waals surface area contributed by atoms with Crippen LogP contribution in [0.15, 0.2) is 0 Å². The maximum Gasteiger partial charge on any atom is 0.306 e. The molecule has 0 saturated carbocycles. The van der Waals surface area contributed by atoms with E-state index in [2.05, 4.69) is 27.7 Å². The molecule has 0 aromatic heterocycles. The number of rotatable bonds is 49. The van der Waals surface area contributed by atoms with E-state index in [0.29, 0.717) is 19.3 Å². The van der Waals surface area contributed by atoms with E-state index in [1.54, 1.807) is 0 Å². The fraction of sp³-hybridized carbons (Fsp3) is 0.944. The molecule has 0 rings (SSSR count). The molecule has 0 saturated heterocycles. The number of hydrogen-bond acceptors (Lipinski definition) is 6. The zero-order chi connectivity index (χ0) is 43.8. The molecule has 0 N–H and O–H groups in total. The quantitative estimate of drug-likeness (QED) is 0.0345. The van der Waals surface area contributed by atoms with Gasteiger partial charge in [-0.3, -0.25) is 14.4 Å². The number of carbonyl (C=O) groups is 3. The standard InChI is InChI=1S/C54H104O6/c1-5-7-9-11-13-15-17-21-27-31-35-39-43-47-54(57)60-51(48-58-52(55)45-41-37-33-29-25-18-16-14-12-10-8-6-2)49-59-53(56)46-42-38-34-30-26-23-20-19-22-24-28-32-36-40-44-50(3)4/h50-51H,5-49H2,1-4H3/t51-/m0/s1. The van der Waals surface area contributed by atoms with E-state index >= 15 is 0 Å². The van der Waals surface area contributed by atoms with Crippen LogP contribution in [-0.2, 0) is 28.6 Å². The van der Waals surface area contributed by atoms with Crippen molar-refractivity contribution in [3.63, 3.8) is 0 Å². The first-order valence-electron chi connectivity index (χ1n) is 26.9. The normalized spacial score (nSPS) is 11.9. The van der Waals surface area contributed by atoms with Gasteiger partial charge in [0.05, 0.1) is 0 Å². The Kier molecular flexibility index (Phi) is 47.2. The Bertz CT molecular complexity index is 903. The zero-order valence-corrected chi connectivity index (χ0v) is 40.9. The molecule has 0 aromatic rings. The van der Waals surface area contributed by atoms with Gasteiger partial charge in [-0.2, -0.15) is 0 Å². The van der Waals surface area contributed by atoms with Crippen molar-refractivity contribution in [1.29, 1.82) is 0 Å². The molecule has 0 aromatic carbocycles. The summed E-state index contributed by atoms with van der Waals surface area (Å²) in [6.07, 6.45) is 50.8. The molecule has 1 atom stereocenters.